The molecule has 28 heavy (non-hydrogen) atoms. The third-order valence-corrected chi connectivity index (χ3v) is 5.26. The molecule has 2 atom stereocenters. The lowest BCUT2D eigenvalue weighted by Crippen LogP contribution is -2.33. The third kappa shape index (κ3) is 3.64. The first-order valence-electron chi connectivity index (χ1n) is 9.46. The molecule has 0 fully saturated rings. The summed E-state index contributed by atoms with van der Waals surface area (Å²) in [4.78, 5) is 5.03. The van der Waals surface area contributed by atoms with Crippen LogP contribution < -0.4 is 10.1 Å². The zero-order valence-corrected chi connectivity index (χ0v) is 16.1. The molecule has 0 spiro atoms. The SMILES string of the molecule is COc1ccc(C2=NC(c3ccccc3C)NC(c3ccccc3O)C2)cc1. The van der Waals surface area contributed by atoms with E-state index in [9.17, 15) is 5.11 Å². The average molecular weight is 372 g/mol. The number of rotatable bonds is 4. The molecule has 0 amide bonds. The summed E-state index contributed by atoms with van der Waals surface area (Å²) in [7, 11) is 1.67. The molecule has 0 aromatic heterocycles. The maximum Gasteiger partial charge on any atom is 0.126 e. The van der Waals surface area contributed by atoms with Crippen molar-refractivity contribution >= 4 is 5.71 Å². The highest BCUT2D eigenvalue weighted by Gasteiger charge is 2.28. The summed E-state index contributed by atoms with van der Waals surface area (Å²) in [6.07, 6.45) is 0.531. The van der Waals surface area contributed by atoms with Gasteiger partial charge in [-0.1, -0.05) is 42.5 Å². The number of hydrogen-bond donors (Lipinski definition) is 2. The van der Waals surface area contributed by atoms with E-state index in [4.69, 9.17) is 9.73 Å². The highest BCUT2D eigenvalue weighted by molar-refractivity contribution is 6.01. The second-order valence-electron chi connectivity index (χ2n) is 7.05. The van der Waals surface area contributed by atoms with Crippen molar-refractivity contribution < 1.29 is 9.84 Å². The second-order valence-corrected chi connectivity index (χ2v) is 7.05. The van der Waals surface area contributed by atoms with Crippen LogP contribution in [0.1, 0.15) is 40.9 Å². The van der Waals surface area contributed by atoms with Crippen molar-refractivity contribution in [3.63, 3.8) is 0 Å². The van der Waals surface area contributed by atoms with Crippen LogP contribution in [0, 0.1) is 6.92 Å². The molecule has 0 saturated heterocycles. The number of nitrogens with zero attached hydrogens (tertiary/aromatic N) is 1. The number of phenolic OH excluding ortho intramolecular Hbond substituents is 1. The summed E-state index contributed by atoms with van der Waals surface area (Å²) in [5.74, 6) is 1.13. The molecule has 2 unspecified atom stereocenters. The van der Waals surface area contributed by atoms with Crippen molar-refractivity contribution in [1.82, 2.24) is 5.32 Å². The minimum Gasteiger partial charge on any atom is -0.508 e. The summed E-state index contributed by atoms with van der Waals surface area (Å²) in [5, 5.41) is 14.0. The van der Waals surface area contributed by atoms with Gasteiger partial charge in [0, 0.05) is 23.7 Å². The van der Waals surface area contributed by atoms with Gasteiger partial charge >= 0.3 is 0 Å². The van der Waals surface area contributed by atoms with Gasteiger partial charge in [0.1, 0.15) is 17.7 Å². The second kappa shape index (κ2) is 7.87. The number of phenols is 1. The van der Waals surface area contributed by atoms with Crippen LogP contribution >= 0.6 is 0 Å². The van der Waals surface area contributed by atoms with Crippen molar-refractivity contribution in [2.45, 2.75) is 25.6 Å². The number of benzene rings is 3. The van der Waals surface area contributed by atoms with Crippen molar-refractivity contribution in [2.75, 3.05) is 7.11 Å². The largest absolute Gasteiger partial charge is 0.508 e. The molecular formula is C24H24N2O2. The van der Waals surface area contributed by atoms with E-state index >= 15 is 0 Å². The Bertz CT molecular complexity index is 995. The fraction of sp³-hybridized carbons (Fsp3) is 0.208. The Morgan fingerprint density at radius 2 is 1.61 bits per heavy atom. The molecule has 1 heterocycles. The molecular weight excluding hydrogens is 348 g/mol. The Hall–Kier alpha value is -3.11. The van der Waals surface area contributed by atoms with E-state index in [-0.39, 0.29) is 12.2 Å². The van der Waals surface area contributed by atoms with Gasteiger partial charge in [-0.25, -0.2) is 0 Å². The molecule has 142 valence electrons. The molecule has 3 aromatic rings. The highest BCUT2D eigenvalue weighted by atomic mass is 16.5. The van der Waals surface area contributed by atoms with E-state index in [2.05, 4.69) is 24.4 Å². The van der Waals surface area contributed by atoms with Crippen LogP contribution in [-0.2, 0) is 0 Å². The summed E-state index contributed by atoms with van der Waals surface area (Å²) in [6.45, 7) is 2.10. The van der Waals surface area contributed by atoms with Crippen LogP contribution in [0.4, 0.5) is 0 Å². The molecule has 0 radical (unpaired) electrons. The minimum atomic E-state index is -0.170. The first kappa shape index (κ1) is 18.3. The van der Waals surface area contributed by atoms with Gasteiger partial charge in [-0.2, -0.15) is 0 Å². The van der Waals surface area contributed by atoms with Gasteiger partial charge < -0.3 is 9.84 Å². The Labute approximate surface area is 165 Å². The normalized spacial score (nSPS) is 19.1. The topological polar surface area (TPSA) is 53.8 Å². The Balaban J connectivity index is 1.76. The van der Waals surface area contributed by atoms with Crippen molar-refractivity contribution in [1.29, 1.82) is 0 Å². The molecule has 1 aliphatic heterocycles. The van der Waals surface area contributed by atoms with Crippen molar-refractivity contribution in [2.24, 2.45) is 4.99 Å². The smallest absolute Gasteiger partial charge is 0.126 e. The molecule has 4 heteroatoms. The van der Waals surface area contributed by atoms with E-state index < -0.39 is 0 Å². The molecule has 2 N–H and O–H groups in total. The minimum absolute atomic E-state index is 0.0274. The van der Waals surface area contributed by atoms with Gasteiger partial charge in [0.05, 0.1) is 7.11 Å². The van der Waals surface area contributed by atoms with E-state index in [0.717, 1.165) is 28.2 Å². The molecule has 0 bridgehead atoms. The van der Waals surface area contributed by atoms with Gasteiger partial charge in [-0.05, 0) is 53.9 Å². The zero-order chi connectivity index (χ0) is 19.5. The lowest BCUT2D eigenvalue weighted by Gasteiger charge is -2.31. The average Bonchev–Trinajstić information content (AvgIpc) is 2.74. The Morgan fingerprint density at radius 1 is 0.929 bits per heavy atom. The molecule has 1 aliphatic rings. The van der Waals surface area contributed by atoms with Crippen LogP contribution in [0.25, 0.3) is 0 Å². The molecule has 4 nitrogen and oxygen atoms in total. The van der Waals surface area contributed by atoms with E-state index in [1.807, 2.05) is 54.6 Å². The maximum atomic E-state index is 10.4. The number of aliphatic imine (C=N–C) groups is 1. The van der Waals surface area contributed by atoms with Crippen LogP contribution in [0.2, 0.25) is 0 Å². The Kier molecular flexibility index (Phi) is 5.13. The fourth-order valence-corrected chi connectivity index (χ4v) is 3.70. The third-order valence-electron chi connectivity index (χ3n) is 5.26. The van der Waals surface area contributed by atoms with Crippen LogP contribution in [0.5, 0.6) is 11.5 Å². The monoisotopic (exact) mass is 372 g/mol. The number of aryl methyl sites for hydroxylation is 1. The predicted molar refractivity (Wildman–Crippen MR) is 112 cm³/mol. The predicted octanol–water partition coefficient (Wildman–Crippen LogP) is 4.93. The van der Waals surface area contributed by atoms with Gasteiger partial charge in [0.25, 0.3) is 0 Å². The summed E-state index contributed by atoms with van der Waals surface area (Å²) < 4.78 is 5.28. The quantitative estimate of drug-likeness (QED) is 0.683. The fourth-order valence-electron chi connectivity index (χ4n) is 3.70. The molecule has 0 saturated carbocycles. The standard InChI is InChI=1S/C24H24N2O2/c1-16-7-3-4-8-19(16)24-25-21(17-11-13-18(28-2)14-12-17)15-22(26-24)20-9-5-6-10-23(20)27/h3-14,22,24,26-27H,15H2,1-2H3. The zero-order valence-electron chi connectivity index (χ0n) is 16.1. The number of methoxy groups -OCH3 is 1. The van der Waals surface area contributed by atoms with Crippen LogP contribution in [0.15, 0.2) is 77.8 Å². The van der Waals surface area contributed by atoms with Crippen molar-refractivity contribution in [3.05, 3.63) is 95.1 Å². The lowest BCUT2D eigenvalue weighted by molar-refractivity contribution is 0.411. The number of ether oxygens (including phenoxy) is 1. The molecule has 0 aliphatic carbocycles. The van der Waals surface area contributed by atoms with Crippen LogP contribution in [0.3, 0.4) is 0 Å². The highest BCUT2D eigenvalue weighted by Crippen LogP contribution is 2.35. The van der Waals surface area contributed by atoms with Gasteiger partial charge in [0.15, 0.2) is 0 Å². The Morgan fingerprint density at radius 3 is 2.29 bits per heavy atom. The first-order chi connectivity index (χ1) is 13.7. The van der Waals surface area contributed by atoms with Gasteiger partial charge in [-0.15, -0.1) is 0 Å². The maximum absolute atomic E-state index is 10.4. The molecule has 4 rings (SSSR count). The molecule has 3 aromatic carbocycles. The lowest BCUT2D eigenvalue weighted by atomic mass is 9.93. The van der Waals surface area contributed by atoms with E-state index in [0.29, 0.717) is 12.2 Å². The van der Waals surface area contributed by atoms with Gasteiger partial charge in [-0.3, -0.25) is 10.3 Å². The first-order valence-corrected chi connectivity index (χ1v) is 9.46. The number of hydrogen-bond acceptors (Lipinski definition) is 4. The van der Waals surface area contributed by atoms with Crippen molar-refractivity contribution in [3.8, 4) is 11.5 Å². The summed E-state index contributed by atoms with van der Waals surface area (Å²) >= 11 is 0. The van der Waals surface area contributed by atoms with Gasteiger partial charge in [0.2, 0.25) is 0 Å². The van der Waals surface area contributed by atoms with Crippen LogP contribution in [-0.4, -0.2) is 17.9 Å². The number of aromatic hydroxyl groups is 1. The van der Waals surface area contributed by atoms with E-state index in [1.54, 1.807) is 13.2 Å². The van der Waals surface area contributed by atoms with E-state index in [1.165, 1.54) is 5.56 Å². The number of nitrogens with one attached hydrogen (secondary N) is 1. The summed E-state index contributed by atoms with van der Waals surface area (Å²) in [6, 6.07) is 23.8. The summed E-state index contributed by atoms with van der Waals surface area (Å²) in [5.41, 5.74) is 5.32. The number of para-hydroxylation sites is 1.